The molecule has 11 heteroatoms. The van der Waals surface area contributed by atoms with Gasteiger partial charge in [-0.15, -0.1) is 0 Å². The average molecular weight is 470 g/mol. The first kappa shape index (κ1) is 22.4. The maximum absolute atomic E-state index is 12.5. The lowest BCUT2D eigenvalue weighted by Crippen LogP contribution is -2.40. The predicted octanol–water partition coefficient (Wildman–Crippen LogP) is 3.63. The first-order valence-electron chi connectivity index (χ1n) is 10.1. The molecule has 0 atom stereocenters. The van der Waals surface area contributed by atoms with E-state index in [1.165, 1.54) is 18.3 Å². The van der Waals surface area contributed by atoms with Gasteiger partial charge in [-0.3, -0.25) is 14.9 Å². The molecule has 2 heterocycles. The third-order valence-electron chi connectivity index (χ3n) is 4.94. The Hall–Kier alpha value is -3.76. The van der Waals surface area contributed by atoms with Crippen LogP contribution in [0.3, 0.4) is 0 Å². The van der Waals surface area contributed by atoms with Gasteiger partial charge in [0.05, 0.1) is 35.1 Å². The van der Waals surface area contributed by atoms with E-state index >= 15 is 0 Å². The van der Waals surface area contributed by atoms with Crippen LogP contribution in [-0.2, 0) is 4.74 Å². The molecule has 0 spiro atoms. The minimum absolute atomic E-state index is 0.0359. The Balaban J connectivity index is 1.37. The number of hydrogen-bond donors (Lipinski definition) is 1. The standard InChI is InChI=1S/C22H20ClN5O5/c23-19-13-24-22(26-20(19)16-2-1-3-17(12-16)28(30)31)25-14-33-18-6-4-15(5-7-18)21(29)27-8-10-32-11-9-27/h1-7,12-13H,8-11,14H2,(H,24,25,26). The lowest BCUT2D eigenvalue weighted by atomic mass is 10.1. The van der Waals surface area contributed by atoms with Crippen LogP contribution in [0.25, 0.3) is 11.3 Å². The summed E-state index contributed by atoms with van der Waals surface area (Å²) < 4.78 is 10.9. The molecule has 0 saturated carbocycles. The number of carbonyl (C=O) groups excluding carboxylic acids is 1. The first-order valence-corrected chi connectivity index (χ1v) is 10.5. The summed E-state index contributed by atoms with van der Waals surface area (Å²) >= 11 is 6.20. The van der Waals surface area contributed by atoms with E-state index < -0.39 is 4.92 Å². The molecule has 4 rings (SSSR count). The molecule has 1 aliphatic rings. The average Bonchev–Trinajstić information content (AvgIpc) is 2.85. The highest BCUT2D eigenvalue weighted by Gasteiger charge is 2.18. The molecule has 170 valence electrons. The minimum Gasteiger partial charge on any atom is -0.473 e. The number of aromatic nitrogens is 2. The zero-order valence-corrected chi connectivity index (χ0v) is 18.2. The number of ether oxygens (including phenoxy) is 2. The summed E-state index contributed by atoms with van der Waals surface area (Å²) in [4.78, 5) is 33.3. The lowest BCUT2D eigenvalue weighted by Gasteiger charge is -2.26. The van der Waals surface area contributed by atoms with Crippen molar-refractivity contribution in [3.05, 3.63) is 75.4 Å². The summed E-state index contributed by atoms with van der Waals surface area (Å²) in [6, 6.07) is 12.9. The fourth-order valence-corrected chi connectivity index (χ4v) is 3.45. The maximum atomic E-state index is 12.5. The number of nitrogens with one attached hydrogen (secondary N) is 1. The molecule has 33 heavy (non-hydrogen) atoms. The van der Waals surface area contributed by atoms with Crippen molar-refractivity contribution >= 4 is 29.1 Å². The second-order valence-corrected chi connectivity index (χ2v) is 7.50. The molecule has 1 amide bonds. The Labute approximate surface area is 194 Å². The molecule has 10 nitrogen and oxygen atoms in total. The summed E-state index contributed by atoms with van der Waals surface area (Å²) in [6.45, 7) is 2.33. The third kappa shape index (κ3) is 5.54. The molecular weight excluding hydrogens is 450 g/mol. The normalized spacial score (nSPS) is 13.4. The van der Waals surface area contributed by atoms with Gasteiger partial charge in [0.1, 0.15) is 5.75 Å². The molecule has 0 aliphatic carbocycles. The molecule has 2 aromatic carbocycles. The van der Waals surface area contributed by atoms with Crippen LogP contribution in [0.4, 0.5) is 11.6 Å². The number of rotatable bonds is 7. The Morgan fingerprint density at radius 3 is 2.70 bits per heavy atom. The van der Waals surface area contributed by atoms with Gasteiger partial charge in [-0.25, -0.2) is 9.97 Å². The van der Waals surface area contributed by atoms with Crippen molar-refractivity contribution in [1.29, 1.82) is 0 Å². The molecule has 1 saturated heterocycles. The van der Waals surface area contributed by atoms with Gasteiger partial charge in [0.25, 0.3) is 11.6 Å². The molecule has 1 aliphatic heterocycles. The van der Waals surface area contributed by atoms with E-state index in [1.54, 1.807) is 41.3 Å². The van der Waals surface area contributed by atoms with Gasteiger partial charge in [-0.05, 0) is 24.3 Å². The number of nitro benzene ring substituents is 1. The molecule has 1 fully saturated rings. The van der Waals surface area contributed by atoms with E-state index in [4.69, 9.17) is 21.1 Å². The number of non-ortho nitro benzene ring substituents is 1. The molecule has 0 bridgehead atoms. The van der Waals surface area contributed by atoms with Crippen molar-refractivity contribution in [1.82, 2.24) is 14.9 Å². The van der Waals surface area contributed by atoms with E-state index in [0.29, 0.717) is 48.9 Å². The van der Waals surface area contributed by atoms with Crippen molar-refractivity contribution in [2.24, 2.45) is 0 Å². The fraction of sp³-hybridized carbons (Fsp3) is 0.227. The van der Waals surface area contributed by atoms with E-state index in [9.17, 15) is 14.9 Å². The summed E-state index contributed by atoms with van der Waals surface area (Å²) in [6.07, 6.45) is 1.41. The van der Waals surface area contributed by atoms with Crippen molar-refractivity contribution in [3.8, 4) is 17.0 Å². The number of carbonyl (C=O) groups is 1. The van der Waals surface area contributed by atoms with E-state index in [2.05, 4.69) is 15.3 Å². The second-order valence-electron chi connectivity index (χ2n) is 7.09. The Morgan fingerprint density at radius 1 is 1.21 bits per heavy atom. The predicted molar refractivity (Wildman–Crippen MR) is 121 cm³/mol. The van der Waals surface area contributed by atoms with Gasteiger partial charge in [-0.1, -0.05) is 23.7 Å². The summed E-state index contributed by atoms with van der Waals surface area (Å²) in [7, 11) is 0. The summed E-state index contributed by atoms with van der Waals surface area (Å²) in [5, 5.41) is 14.2. The van der Waals surface area contributed by atoms with Gasteiger partial charge in [0, 0.05) is 36.3 Å². The van der Waals surface area contributed by atoms with Crippen LogP contribution in [0.5, 0.6) is 5.75 Å². The van der Waals surface area contributed by atoms with E-state index in [1.807, 2.05) is 0 Å². The second kappa shape index (κ2) is 10.2. The van der Waals surface area contributed by atoms with Crippen LogP contribution in [0.2, 0.25) is 5.02 Å². The number of halogens is 1. The number of nitro groups is 1. The molecule has 3 aromatic rings. The first-order chi connectivity index (χ1) is 16.0. The zero-order valence-electron chi connectivity index (χ0n) is 17.4. The fourth-order valence-electron chi connectivity index (χ4n) is 3.25. The monoisotopic (exact) mass is 469 g/mol. The van der Waals surface area contributed by atoms with Crippen LogP contribution in [0.15, 0.2) is 54.7 Å². The number of morpholine rings is 1. The largest absolute Gasteiger partial charge is 0.473 e. The van der Waals surface area contributed by atoms with Gasteiger partial charge >= 0.3 is 0 Å². The van der Waals surface area contributed by atoms with Crippen molar-refractivity contribution in [3.63, 3.8) is 0 Å². The van der Waals surface area contributed by atoms with E-state index in [-0.39, 0.29) is 29.3 Å². The van der Waals surface area contributed by atoms with Crippen LogP contribution in [0, 0.1) is 10.1 Å². The third-order valence-corrected chi connectivity index (χ3v) is 5.22. The Kier molecular flexibility index (Phi) is 6.96. The molecular formula is C22H20ClN5O5. The minimum atomic E-state index is -0.481. The van der Waals surface area contributed by atoms with Crippen LogP contribution < -0.4 is 10.1 Å². The van der Waals surface area contributed by atoms with Gasteiger partial charge in [-0.2, -0.15) is 0 Å². The van der Waals surface area contributed by atoms with Gasteiger partial charge in [0.15, 0.2) is 6.73 Å². The molecule has 0 radical (unpaired) electrons. The molecule has 1 aromatic heterocycles. The SMILES string of the molecule is O=C(c1ccc(OCNc2ncc(Cl)c(-c3cccc([N+](=O)[O-])c3)n2)cc1)N1CCOCC1. The van der Waals surface area contributed by atoms with Crippen molar-refractivity contribution in [2.75, 3.05) is 38.4 Å². The number of benzene rings is 2. The van der Waals surface area contributed by atoms with Gasteiger partial charge in [0.2, 0.25) is 5.95 Å². The maximum Gasteiger partial charge on any atom is 0.270 e. The number of hydrogen-bond acceptors (Lipinski definition) is 8. The summed E-state index contributed by atoms with van der Waals surface area (Å²) in [5.74, 6) is 0.778. The van der Waals surface area contributed by atoms with Crippen molar-refractivity contribution < 1.29 is 19.2 Å². The highest BCUT2D eigenvalue weighted by molar-refractivity contribution is 6.32. The molecule has 0 unspecified atom stereocenters. The lowest BCUT2D eigenvalue weighted by molar-refractivity contribution is -0.384. The van der Waals surface area contributed by atoms with Crippen molar-refractivity contribution in [2.45, 2.75) is 0 Å². The van der Waals surface area contributed by atoms with Crippen LogP contribution >= 0.6 is 11.6 Å². The van der Waals surface area contributed by atoms with E-state index in [0.717, 1.165) is 0 Å². The van der Waals surface area contributed by atoms with Gasteiger partial charge < -0.3 is 19.7 Å². The zero-order chi connectivity index (χ0) is 23.2. The number of anilines is 1. The molecule has 1 N–H and O–H groups in total. The number of nitrogens with zero attached hydrogens (tertiary/aromatic N) is 4. The van der Waals surface area contributed by atoms with Crippen LogP contribution in [0.1, 0.15) is 10.4 Å². The summed E-state index contributed by atoms with van der Waals surface area (Å²) in [5.41, 5.74) is 1.39. The van der Waals surface area contributed by atoms with Crippen LogP contribution in [-0.4, -0.2) is 58.7 Å². The smallest absolute Gasteiger partial charge is 0.270 e. The number of amides is 1. The Bertz CT molecular complexity index is 1150. The highest BCUT2D eigenvalue weighted by Crippen LogP contribution is 2.28. The quantitative estimate of drug-likeness (QED) is 0.316. The topological polar surface area (TPSA) is 120 Å². The highest BCUT2D eigenvalue weighted by atomic mass is 35.5. The Morgan fingerprint density at radius 2 is 1.97 bits per heavy atom.